The first-order valence-corrected chi connectivity index (χ1v) is 7.91. The fourth-order valence-electron chi connectivity index (χ4n) is 1.62. The molecule has 0 aliphatic carbocycles. The van der Waals surface area contributed by atoms with Crippen molar-refractivity contribution in [3.63, 3.8) is 0 Å². The quantitative estimate of drug-likeness (QED) is 0.323. The molecule has 3 amide bonds. The number of imide groups is 1. The second-order valence-corrected chi connectivity index (χ2v) is 6.32. The van der Waals surface area contributed by atoms with Crippen LogP contribution in [0.1, 0.15) is 27.2 Å². The van der Waals surface area contributed by atoms with Crippen molar-refractivity contribution in [2.45, 2.75) is 39.4 Å². The summed E-state index contributed by atoms with van der Waals surface area (Å²) in [6, 6.07) is 0. The number of nitrogens with zero attached hydrogens (tertiary/aromatic N) is 1. The first kappa shape index (κ1) is 21.8. The SMILES string of the molecule is CC(O)C(=O)N(CCC(=O)NCCS)C(=O)[C@H](O)C(C)(C)CO. The molecular weight excluding hydrogens is 324 g/mol. The zero-order valence-corrected chi connectivity index (χ0v) is 14.5. The van der Waals surface area contributed by atoms with E-state index in [0.717, 1.165) is 0 Å². The van der Waals surface area contributed by atoms with Gasteiger partial charge in [-0.05, 0) is 6.92 Å². The van der Waals surface area contributed by atoms with E-state index in [1.165, 1.54) is 20.8 Å². The molecule has 0 aromatic heterocycles. The molecule has 0 aromatic rings. The zero-order chi connectivity index (χ0) is 18.2. The van der Waals surface area contributed by atoms with Crippen LogP contribution in [0.4, 0.5) is 0 Å². The Balaban J connectivity index is 5.05. The predicted octanol–water partition coefficient (Wildman–Crippen LogP) is -1.46. The van der Waals surface area contributed by atoms with Crippen molar-refractivity contribution in [3.05, 3.63) is 0 Å². The third kappa shape index (κ3) is 6.86. The molecule has 0 heterocycles. The molecule has 23 heavy (non-hydrogen) atoms. The summed E-state index contributed by atoms with van der Waals surface area (Å²) < 4.78 is 0. The third-order valence-corrected chi connectivity index (χ3v) is 3.49. The largest absolute Gasteiger partial charge is 0.396 e. The fourth-order valence-corrected chi connectivity index (χ4v) is 1.73. The monoisotopic (exact) mass is 350 g/mol. The molecule has 0 aromatic carbocycles. The van der Waals surface area contributed by atoms with Crippen molar-refractivity contribution in [1.29, 1.82) is 0 Å². The Hall–Kier alpha value is -1.16. The number of nitrogens with one attached hydrogen (secondary N) is 1. The highest BCUT2D eigenvalue weighted by Crippen LogP contribution is 2.21. The number of thiol groups is 1. The smallest absolute Gasteiger partial charge is 0.258 e. The van der Waals surface area contributed by atoms with Gasteiger partial charge >= 0.3 is 0 Å². The molecule has 134 valence electrons. The molecule has 2 atom stereocenters. The lowest BCUT2D eigenvalue weighted by Gasteiger charge is -2.31. The maximum atomic E-state index is 12.3. The van der Waals surface area contributed by atoms with E-state index in [-0.39, 0.29) is 18.9 Å². The summed E-state index contributed by atoms with van der Waals surface area (Å²) in [4.78, 5) is 36.5. The lowest BCUT2D eigenvalue weighted by atomic mass is 9.86. The number of carbonyl (C=O) groups excluding carboxylic acids is 3. The van der Waals surface area contributed by atoms with Crippen LogP contribution < -0.4 is 5.32 Å². The maximum Gasteiger partial charge on any atom is 0.258 e. The minimum atomic E-state index is -1.64. The molecule has 4 N–H and O–H groups in total. The molecule has 0 aliphatic heterocycles. The highest BCUT2D eigenvalue weighted by atomic mass is 32.1. The average molecular weight is 350 g/mol. The maximum absolute atomic E-state index is 12.3. The molecule has 0 fully saturated rings. The topological polar surface area (TPSA) is 127 Å². The Bertz CT molecular complexity index is 427. The lowest BCUT2D eigenvalue weighted by Crippen LogP contribution is -2.52. The van der Waals surface area contributed by atoms with Gasteiger partial charge in [0.15, 0.2) is 0 Å². The summed E-state index contributed by atoms with van der Waals surface area (Å²) in [7, 11) is 0. The molecule has 0 saturated heterocycles. The number of aliphatic hydroxyl groups is 3. The van der Waals surface area contributed by atoms with Crippen LogP contribution in [0.5, 0.6) is 0 Å². The van der Waals surface area contributed by atoms with Gasteiger partial charge in [0.05, 0.1) is 6.61 Å². The first-order valence-electron chi connectivity index (χ1n) is 7.28. The minimum absolute atomic E-state index is 0.162. The molecule has 0 bridgehead atoms. The fraction of sp³-hybridized carbons (Fsp3) is 0.786. The summed E-state index contributed by atoms with van der Waals surface area (Å²) in [5.41, 5.74) is -1.16. The Morgan fingerprint density at radius 1 is 1.22 bits per heavy atom. The van der Waals surface area contributed by atoms with E-state index in [9.17, 15) is 29.7 Å². The van der Waals surface area contributed by atoms with Crippen LogP contribution in [0.15, 0.2) is 0 Å². The van der Waals surface area contributed by atoms with E-state index in [1.54, 1.807) is 0 Å². The highest BCUT2D eigenvalue weighted by Gasteiger charge is 2.38. The van der Waals surface area contributed by atoms with Gasteiger partial charge in [0.25, 0.3) is 11.8 Å². The summed E-state index contributed by atoms with van der Waals surface area (Å²) in [5.74, 6) is -1.81. The van der Waals surface area contributed by atoms with Crippen LogP contribution in [0, 0.1) is 5.41 Å². The van der Waals surface area contributed by atoms with Crippen molar-refractivity contribution in [3.8, 4) is 0 Å². The van der Waals surface area contributed by atoms with Crippen molar-refractivity contribution in [2.24, 2.45) is 5.41 Å². The normalized spacial score (nSPS) is 14.0. The Labute approximate surface area is 141 Å². The Morgan fingerprint density at radius 2 is 1.78 bits per heavy atom. The number of hydrogen-bond acceptors (Lipinski definition) is 7. The van der Waals surface area contributed by atoms with E-state index in [2.05, 4.69) is 17.9 Å². The second-order valence-electron chi connectivity index (χ2n) is 5.88. The van der Waals surface area contributed by atoms with Gasteiger partial charge in [-0.2, -0.15) is 12.6 Å². The molecular formula is C14H26N2O6S. The second kappa shape index (κ2) is 9.86. The molecule has 8 nitrogen and oxygen atoms in total. The number of rotatable bonds is 9. The van der Waals surface area contributed by atoms with Gasteiger partial charge in [0.2, 0.25) is 5.91 Å². The van der Waals surface area contributed by atoms with Gasteiger partial charge < -0.3 is 20.6 Å². The van der Waals surface area contributed by atoms with Gasteiger partial charge in [-0.15, -0.1) is 0 Å². The van der Waals surface area contributed by atoms with Crippen LogP contribution >= 0.6 is 12.6 Å². The van der Waals surface area contributed by atoms with Crippen LogP contribution in [-0.2, 0) is 14.4 Å². The Morgan fingerprint density at radius 3 is 2.22 bits per heavy atom. The summed E-state index contributed by atoms with van der Waals surface area (Å²) in [6.07, 6.45) is -3.26. The van der Waals surface area contributed by atoms with E-state index in [0.29, 0.717) is 17.2 Å². The van der Waals surface area contributed by atoms with Crippen LogP contribution in [0.3, 0.4) is 0 Å². The molecule has 0 spiro atoms. The molecule has 0 aliphatic rings. The van der Waals surface area contributed by atoms with Gasteiger partial charge in [-0.1, -0.05) is 13.8 Å². The van der Waals surface area contributed by atoms with Crippen molar-refractivity contribution in [1.82, 2.24) is 10.2 Å². The summed E-state index contributed by atoms with van der Waals surface area (Å²) in [5, 5.41) is 31.2. The standard InChI is InChI=1S/C14H26N2O6S/c1-9(18)12(21)16(6-4-10(19)15-5-7-23)13(22)11(20)14(2,3)8-17/h9,11,17-18,20,23H,4-8H2,1-3H3,(H,15,19)/t9?,11-/m0/s1. The van der Waals surface area contributed by atoms with E-state index < -0.39 is 36.0 Å². The van der Waals surface area contributed by atoms with E-state index >= 15 is 0 Å². The first-order chi connectivity index (χ1) is 10.6. The molecule has 9 heteroatoms. The average Bonchev–Trinajstić information content (AvgIpc) is 2.51. The van der Waals surface area contributed by atoms with Crippen molar-refractivity contribution >= 4 is 30.4 Å². The van der Waals surface area contributed by atoms with Crippen LogP contribution in [-0.4, -0.2) is 75.6 Å². The Kier molecular flexibility index (Phi) is 9.37. The van der Waals surface area contributed by atoms with E-state index in [4.69, 9.17) is 0 Å². The molecule has 0 saturated carbocycles. The van der Waals surface area contributed by atoms with E-state index in [1.807, 2.05) is 0 Å². The summed E-state index contributed by atoms with van der Waals surface area (Å²) in [6.45, 7) is 3.70. The van der Waals surface area contributed by atoms with Crippen molar-refractivity contribution < 1.29 is 29.7 Å². The minimum Gasteiger partial charge on any atom is -0.396 e. The highest BCUT2D eigenvalue weighted by molar-refractivity contribution is 7.80. The predicted molar refractivity (Wildman–Crippen MR) is 86.8 cm³/mol. The number of hydrogen-bond donors (Lipinski definition) is 5. The third-order valence-electron chi connectivity index (χ3n) is 3.27. The van der Waals surface area contributed by atoms with Gasteiger partial charge in [0, 0.05) is 30.7 Å². The molecule has 0 rings (SSSR count). The number of aliphatic hydroxyl groups excluding tert-OH is 3. The van der Waals surface area contributed by atoms with Gasteiger partial charge in [-0.3, -0.25) is 19.3 Å². The number of amides is 3. The zero-order valence-electron chi connectivity index (χ0n) is 13.7. The number of carbonyl (C=O) groups is 3. The lowest BCUT2D eigenvalue weighted by molar-refractivity contribution is -0.160. The van der Waals surface area contributed by atoms with Crippen LogP contribution in [0.25, 0.3) is 0 Å². The molecule has 1 unspecified atom stereocenters. The summed E-state index contributed by atoms with van der Waals surface area (Å²) >= 11 is 3.94. The van der Waals surface area contributed by atoms with Crippen LogP contribution in [0.2, 0.25) is 0 Å². The molecule has 0 radical (unpaired) electrons. The van der Waals surface area contributed by atoms with Crippen molar-refractivity contribution in [2.75, 3.05) is 25.4 Å². The van der Waals surface area contributed by atoms with Gasteiger partial charge in [-0.25, -0.2) is 0 Å². The van der Waals surface area contributed by atoms with Gasteiger partial charge in [0.1, 0.15) is 12.2 Å².